The van der Waals surface area contributed by atoms with Gasteiger partial charge in [-0.1, -0.05) is 6.42 Å². The predicted molar refractivity (Wildman–Crippen MR) is 109 cm³/mol. The Morgan fingerprint density at radius 1 is 1.25 bits per heavy atom. The number of aromatic nitrogens is 2. The minimum Gasteiger partial charge on any atom is -0.311 e. The van der Waals surface area contributed by atoms with Crippen molar-refractivity contribution in [3.05, 3.63) is 29.3 Å². The number of hydrogen-bond acceptors (Lipinski definition) is 5. The van der Waals surface area contributed by atoms with Crippen LogP contribution in [0.2, 0.25) is 0 Å². The van der Waals surface area contributed by atoms with Crippen molar-refractivity contribution in [2.45, 2.75) is 55.7 Å². The molecule has 1 unspecified atom stereocenters. The fraction of sp³-hybridized carbons (Fsp3) is 0.579. The molecule has 2 aromatic heterocycles. The van der Waals surface area contributed by atoms with Crippen LogP contribution in [0.25, 0.3) is 0 Å². The Morgan fingerprint density at radius 2 is 2.00 bits per heavy atom. The number of sulfonamides is 1. The number of piperidine rings is 1. The van der Waals surface area contributed by atoms with E-state index in [1.165, 1.54) is 24.2 Å². The molecule has 1 N–H and O–H groups in total. The average Bonchev–Trinajstić information content (AvgIpc) is 3.26. The van der Waals surface area contributed by atoms with E-state index in [4.69, 9.17) is 0 Å². The van der Waals surface area contributed by atoms with Gasteiger partial charge in [0.2, 0.25) is 5.91 Å². The van der Waals surface area contributed by atoms with Crippen molar-refractivity contribution in [2.75, 3.05) is 18.4 Å². The van der Waals surface area contributed by atoms with Gasteiger partial charge in [-0.15, -0.1) is 11.3 Å². The van der Waals surface area contributed by atoms with Crippen LogP contribution in [-0.4, -0.2) is 41.5 Å². The van der Waals surface area contributed by atoms with Crippen molar-refractivity contribution in [1.29, 1.82) is 0 Å². The normalized spacial score (nSPS) is 19.5. The number of thiophene rings is 1. The quantitative estimate of drug-likeness (QED) is 0.742. The van der Waals surface area contributed by atoms with Gasteiger partial charge in [0.05, 0.1) is 18.7 Å². The van der Waals surface area contributed by atoms with E-state index in [0.717, 1.165) is 24.1 Å². The molecule has 3 heterocycles. The number of nitrogens with zero attached hydrogens (tertiary/aromatic N) is 3. The SMILES string of the molecule is CC(C1CC1)n1nccc1NC(=O)Cc1ccc(S(=O)(=O)N2CCCCC2)s1. The Bertz CT molecular complexity index is 940. The molecule has 1 saturated carbocycles. The van der Waals surface area contributed by atoms with E-state index in [0.29, 0.717) is 29.0 Å². The summed E-state index contributed by atoms with van der Waals surface area (Å²) in [6.45, 7) is 3.29. The summed E-state index contributed by atoms with van der Waals surface area (Å²) in [5.41, 5.74) is 0. The molecule has 1 aliphatic heterocycles. The average molecular weight is 423 g/mol. The van der Waals surface area contributed by atoms with Gasteiger partial charge in [0, 0.05) is 24.0 Å². The second kappa shape index (κ2) is 7.96. The van der Waals surface area contributed by atoms with Gasteiger partial charge in [0.15, 0.2) is 0 Å². The van der Waals surface area contributed by atoms with E-state index in [-0.39, 0.29) is 18.4 Å². The third-order valence-electron chi connectivity index (χ3n) is 5.51. The maximum absolute atomic E-state index is 12.8. The van der Waals surface area contributed by atoms with Crippen molar-refractivity contribution in [1.82, 2.24) is 14.1 Å². The summed E-state index contributed by atoms with van der Waals surface area (Å²) >= 11 is 1.19. The number of amides is 1. The van der Waals surface area contributed by atoms with Gasteiger partial charge in [-0.3, -0.25) is 4.79 Å². The fourth-order valence-electron chi connectivity index (χ4n) is 3.69. The molecule has 2 fully saturated rings. The van der Waals surface area contributed by atoms with Crippen molar-refractivity contribution in [2.24, 2.45) is 5.92 Å². The van der Waals surface area contributed by atoms with Crippen molar-refractivity contribution in [3.63, 3.8) is 0 Å². The molecule has 9 heteroatoms. The third kappa shape index (κ3) is 4.16. The van der Waals surface area contributed by atoms with Crippen molar-refractivity contribution in [3.8, 4) is 0 Å². The third-order valence-corrected chi connectivity index (χ3v) is 8.96. The Balaban J connectivity index is 1.40. The molecule has 7 nitrogen and oxygen atoms in total. The monoisotopic (exact) mass is 422 g/mol. The van der Waals surface area contributed by atoms with Crippen LogP contribution in [0.5, 0.6) is 0 Å². The molecule has 1 atom stereocenters. The highest BCUT2D eigenvalue weighted by Gasteiger charge is 2.31. The van der Waals surface area contributed by atoms with Gasteiger partial charge in [0.1, 0.15) is 10.0 Å². The lowest BCUT2D eigenvalue weighted by Crippen LogP contribution is -2.35. The van der Waals surface area contributed by atoms with Crippen LogP contribution in [-0.2, 0) is 21.2 Å². The topological polar surface area (TPSA) is 84.3 Å². The minimum atomic E-state index is -3.44. The number of rotatable bonds is 7. The number of carbonyl (C=O) groups is 1. The summed E-state index contributed by atoms with van der Waals surface area (Å²) in [5.74, 6) is 1.17. The van der Waals surface area contributed by atoms with E-state index < -0.39 is 10.0 Å². The smallest absolute Gasteiger partial charge is 0.252 e. The highest BCUT2D eigenvalue weighted by molar-refractivity contribution is 7.91. The molecule has 0 aromatic carbocycles. The van der Waals surface area contributed by atoms with Gasteiger partial charge in [0.25, 0.3) is 10.0 Å². The van der Waals surface area contributed by atoms with Crippen LogP contribution >= 0.6 is 11.3 Å². The van der Waals surface area contributed by atoms with Crippen LogP contribution < -0.4 is 5.32 Å². The van der Waals surface area contributed by atoms with Gasteiger partial charge in [-0.2, -0.15) is 9.40 Å². The molecular formula is C19H26N4O3S2. The molecule has 4 rings (SSSR count). The molecular weight excluding hydrogens is 396 g/mol. The first kappa shape index (κ1) is 19.6. The lowest BCUT2D eigenvalue weighted by Gasteiger charge is -2.25. The zero-order chi connectivity index (χ0) is 19.7. The molecule has 0 radical (unpaired) electrons. The minimum absolute atomic E-state index is 0.156. The summed E-state index contributed by atoms with van der Waals surface area (Å²) in [7, 11) is -3.44. The van der Waals surface area contributed by atoms with Gasteiger partial charge >= 0.3 is 0 Å². The van der Waals surface area contributed by atoms with E-state index in [9.17, 15) is 13.2 Å². The Morgan fingerprint density at radius 3 is 2.71 bits per heavy atom. The Hall–Kier alpha value is -1.71. The number of hydrogen-bond donors (Lipinski definition) is 1. The summed E-state index contributed by atoms with van der Waals surface area (Å²) in [5, 5.41) is 7.27. The van der Waals surface area contributed by atoms with Crippen LogP contribution in [0.4, 0.5) is 5.82 Å². The highest BCUT2D eigenvalue weighted by Crippen LogP contribution is 2.40. The first-order valence-corrected chi connectivity index (χ1v) is 12.1. The second-order valence-corrected chi connectivity index (χ2v) is 11.0. The van der Waals surface area contributed by atoms with Crippen LogP contribution in [0.1, 0.15) is 49.9 Å². The van der Waals surface area contributed by atoms with Crippen molar-refractivity contribution < 1.29 is 13.2 Å². The molecule has 0 bridgehead atoms. The van der Waals surface area contributed by atoms with E-state index in [1.54, 1.807) is 28.7 Å². The molecule has 28 heavy (non-hydrogen) atoms. The Kier molecular flexibility index (Phi) is 5.57. The molecule has 2 aromatic rings. The molecule has 1 saturated heterocycles. The summed E-state index contributed by atoms with van der Waals surface area (Å²) in [6, 6.07) is 5.44. The summed E-state index contributed by atoms with van der Waals surface area (Å²) in [6.07, 6.45) is 7.17. The van der Waals surface area contributed by atoms with E-state index in [2.05, 4.69) is 17.3 Å². The lowest BCUT2D eigenvalue weighted by molar-refractivity contribution is -0.115. The summed E-state index contributed by atoms with van der Waals surface area (Å²) in [4.78, 5) is 13.2. The second-order valence-electron chi connectivity index (χ2n) is 7.65. The lowest BCUT2D eigenvalue weighted by atomic mass is 10.2. The fourth-order valence-corrected chi connectivity index (χ4v) is 6.71. The first-order valence-electron chi connectivity index (χ1n) is 9.87. The first-order chi connectivity index (χ1) is 13.4. The number of nitrogens with one attached hydrogen (secondary N) is 1. The Labute approximate surface area is 169 Å². The largest absolute Gasteiger partial charge is 0.311 e. The standard InChI is InChI=1S/C19H26N4O3S2/c1-14(15-5-6-15)23-17(9-10-20-23)21-18(24)13-16-7-8-19(27-16)28(25,26)22-11-3-2-4-12-22/h7-10,14-15H,2-6,11-13H2,1H3,(H,21,24). The number of anilines is 1. The molecule has 2 aliphatic rings. The molecule has 1 amide bonds. The summed E-state index contributed by atoms with van der Waals surface area (Å²) < 4.78 is 29.3. The van der Waals surface area contributed by atoms with Gasteiger partial charge in [-0.05, 0) is 50.7 Å². The van der Waals surface area contributed by atoms with E-state index in [1.807, 2.05) is 4.68 Å². The molecule has 152 valence electrons. The van der Waals surface area contributed by atoms with Crippen LogP contribution in [0.3, 0.4) is 0 Å². The van der Waals surface area contributed by atoms with Crippen LogP contribution in [0, 0.1) is 5.92 Å². The zero-order valence-electron chi connectivity index (χ0n) is 16.0. The molecule has 1 aliphatic carbocycles. The van der Waals surface area contributed by atoms with E-state index >= 15 is 0 Å². The maximum Gasteiger partial charge on any atom is 0.252 e. The highest BCUT2D eigenvalue weighted by atomic mass is 32.2. The number of carbonyl (C=O) groups excluding carboxylic acids is 1. The van der Waals surface area contributed by atoms with Crippen molar-refractivity contribution >= 4 is 33.1 Å². The predicted octanol–water partition coefficient (Wildman–Crippen LogP) is 3.27. The van der Waals surface area contributed by atoms with Crippen LogP contribution in [0.15, 0.2) is 28.6 Å². The van der Waals surface area contributed by atoms with Gasteiger partial charge < -0.3 is 5.32 Å². The molecule has 0 spiro atoms. The maximum atomic E-state index is 12.8. The van der Waals surface area contributed by atoms with Gasteiger partial charge in [-0.25, -0.2) is 13.1 Å². The zero-order valence-corrected chi connectivity index (χ0v) is 17.6.